The van der Waals surface area contributed by atoms with Crippen molar-refractivity contribution < 1.29 is 13.2 Å². The second-order valence-electron chi connectivity index (χ2n) is 8.30. The summed E-state index contributed by atoms with van der Waals surface area (Å²) in [7, 11) is -2.15. The van der Waals surface area contributed by atoms with Crippen LogP contribution in [0.1, 0.15) is 72.9 Å². The highest BCUT2D eigenvalue weighted by Gasteiger charge is 2.26. The van der Waals surface area contributed by atoms with E-state index in [1.165, 1.54) is 29.5 Å². The Morgan fingerprint density at radius 2 is 1.48 bits per heavy atom. The van der Waals surface area contributed by atoms with Gasteiger partial charge in [0.2, 0.25) is 10.0 Å². The van der Waals surface area contributed by atoms with E-state index in [9.17, 15) is 8.42 Å². The first kappa shape index (κ1) is 20.4. The second-order valence-corrected chi connectivity index (χ2v) is 9.98. The fraction of sp³-hybridized carbons (Fsp3) is 0.500. The van der Waals surface area contributed by atoms with Gasteiger partial charge in [-0.05, 0) is 97.7 Å². The molecule has 2 aromatic rings. The van der Waals surface area contributed by atoms with Gasteiger partial charge >= 0.3 is 0 Å². The highest BCUT2D eigenvalue weighted by atomic mass is 32.2. The van der Waals surface area contributed by atoms with Gasteiger partial charge in [-0.3, -0.25) is 0 Å². The maximum Gasteiger partial charge on any atom is 0.244 e. The van der Waals surface area contributed by atoms with Crippen LogP contribution in [-0.2, 0) is 35.7 Å². The van der Waals surface area contributed by atoms with Gasteiger partial charge in [0.25, 0.3) is 0 Å². The Labute approximate surface area is 174 Å². The number of methoxy groups -OCH3 is 1. The molecule has 2 aromatic carbocycles. The predicted molar refractivity (Wildman–Crippen MR) is 116 cm³/mol. The molecule has 2 aliphatic rings. The summed E-state index contributed by atoms with van der Waals surface area (Å²) in [4.78, 5) is 0.261. The molecule has 5 heteroatoms. The van der Waals surface area contributed by atoms with Crippen LogP contribution in [0.25, 0.3) is 0 Å². The lowest BCUT2D eigenvalue weighted by atomic mass is 9.89. The smallest absolute Gasteiger partial charge is 0.244 e. The lowest BCUT2D eigenvalue weighted by molar-refractivity contribution is 0.400. The van der Waals surface area contributed by atoms with Gasteiger partial charge in [0.15, 0.2) is 0 Å². The number of hydrogen-bond donors (Lipinski definition) is 1. The number of aryl methyl sites for hydroxylation is 4. The summed E-state index contributed by atoms with van der Waals surface area (Å²) < 4.78 is 35.1. The normalized spacial score (nSPS) is 17.3. The van der Waals surface area contributed by atoms with Crippen LogP contribution in [0, 0.1) is 0 Å². The third-order valence-electron chi connectivity index (χ3n) is 6.40. The number of fused-ring (bicyclic) bond motifs is 2. The number of hydrogen-bond acceptors (Lipinski definition) is 3. The molecule has 2 aliphatic carbocycles. The molecule has 0 unspecified atom stereocenters. The Morgan fingerprint density at radius 3 is 2.10 bits per heavy atom. The lowest BCUT2D eigenvalue weighted by Gasteiger charge is -2.23. The number of nitrogens with one attached hydrogen (secondary N) is 1. The van der Waals surface area contributed by atoms with E-state index in [2.05, 4.69) is 22.9 Å². The zero-order valence-corrected chi connectivity index (χ0v) is 18.3. The molecule has 0 aromatic heterocycles. The van der Waals surface area contributed by atoms with Gasteiger partial charge in [-0.15, -0.1) is 0 Å². The monoisotopic (exact) mass is 413 g/mol. The highest BCUT2D eigenvalue weighted by molar-refractivity contribution is 7.89. The van der Waals surface area contributed by atoms with E-state index >= 15 is 0 Å². The molecule has 0 aliphatic heterocycles. The summed E-state index contributed by atoms with van der Waals surface area (Å²) in [6.07, 6.45) is 9.56. The Balaban J connectivity index is 1.65. The zero-order valence-electron chi connectivity index (χ0n) is 17.5. The van der Waals surface area contributed by atoms with Crippen molar-refractivity contribution in [3.05, 3.63) is 58.1 Å². The molecule has 0 saturated heterocycles. The van der Waals surface area contributed by atoms with Crippen LogP contribution < -0.4 is 9.46 Å². The van der Waals surface area contributed by atoms with E-state index in [4.69, 9.17) is 4.74 Å². The molecule has 0 bridgehead atoms. The minimum Gasteiger partial charge on any atom is -0.495 e. The van der Waals surface area contributed by atoms with Crippen molar-refractivity contribution >= 4 is 10.0 Å². The van der Waals surface area contributed by atoms with E-state index in [0.717, 1.165) is 49.7 Å². The van der Waals surface area contributed by atoms with Crippen molar-refractivity contribution in [2.75, 3.05) is 7.11 Å². The van der Waals surface area contributed by atoms with Crippen LogP contribution in [-0.4, -0.2) is 15.5 Å². The van der Waals surface area contributed by atoms with Gasteiger partial charge in [0.05, 0.1) is 7.11 Å². The van der Waals surface area contributed by atoms with Crippen LogP contribution >= 0.6 is 0 Å². The van der Waals surface area contributed by atoms with Gasteiger partial charge in [0.1, 0.15) is 10.6 Å². The van der Waals surface area contributed by atoms with E-state index in [0.29, 0.717) is 12.2 Å². The molecule has 0 saturated carbocycles. The van der Waals surface area contributed by atoms with Gasteiger partial charge in [-0.25, -0.2) is 13.1 Å². The zero-order chi connectivity index (χ0) is 20.4. The summed E-state index contributed by atoms with van der Waals surface area (Å²) in [6.45, 7) is 2.02. The number of ether oxygens (including phenoxy) is 1. The Bertz CT molecular complexity index is 997. The van der Waals surface area contributed by atoms with E-state index < -0.39 is 10.0 Å². The van der Waals surface area contributed by atoms with Crippen LogP contribution in [0.4, 0.5) is 0 Å². The number of rotatable bonds is 6. The Kier molecular flexibility index (Phi) is 5.98. The van der Waals surface area contributed by atoms with Gasteiger partial charge < -0.3 is 4.74 Å². The Hall–Kier alpha value is -1.85. The standard InChI is InChI=1S/C24H31NO3S/c1-3-22(21-13-12-17-8-4-5-9-18(17)14-21)25-29(26,27)24-16-20-11-7-6-10-19(20)15-23(24)28-2/h12-16,22,25H,3-11H2,1-2H3/t22-/m1/s1. The molecule has 0 heterocycles. The number of sulfonamides is 1. The lowest BCUT2D eigenvalue weighted by Crippen LogP contribution is -2.29. The molecule has 4 rings (SSSR count). The van der Waals surface area contributed by atoms with Crippen LogP contribution in [0.5, 0.6) is 5.75 Å². The van der Waals surface area contributed by atoms with Crippen molar-refractivity contribution in [2.45, 2.75) is 75.6 Å². The molecule has 0 spiro atoms. The van der Waals surface area contributed by atoms with Gasteiger partial charge in [-0.1, -0.05) is 25.1 Å². The summed E-state index contributed by atoms with van der Waals surface area (Å²) >= 11 is 0. The molecule has 29 heavy (non-hydrogen) atoms. The molecule has 1 N–H and O–H groups in total. The molecular formula is C24H31NO3S. The quantitative estimate of drug-likeness (QED) is 0.734. The van der Waals surface area contributed by atoms with E-state index in [1.54, 1.807) is 7.11 Å². The summed E-state index contributed by atoms with van der Waals surface area (Å²) in [5.41, 5.74) is 6.19. The first-order valence-electron chi connectivity index (χ1n) is 10.9. The second kappa shape index (κ2) is 8.49. The van der Waals surface area contributed by atoms with Crippen LogP contribution in [0.3, 0.4) is 0 Å². The van der Waals surface area contributed by atoms with Crippen molar-refractivity contribution in [1.82, 2.24) is 4.72 Å². The summed E-state index contributed by atoms with van der Waals surface area (Å²) in [5.74, 6) is 0.443. The van der Waals surface area contributed by atoms with E-state index in [1.807, 2.05) is 19.1 Å². The van der Waals surface area contributed by atoms with Gasteiger partial charge in [0, 0.05) is 6.04 Å². The third-order valence-corrected chi connectivity index (χ3v) is 7.89. The largest absolute Gasteiger partial charge is 0.495 e. The molecule has 4 nitrogen and oxygen atoms in total. The summed E-state index contributed by atoms with van der Waals surface area (Å²) in [5, 5.41) is 0. The molecule has 1 atom stereocenters. The highest BCUT2D eigenvalue weighted by Crippen LogP contribution is 2.33. The molecule has 0 amide bonds. The molecule has 156 valence electrons. The number of benzene rings is 2. The fourth-order valence-electron chi connectivity index (χ4n) is 4.72. The van der Waals surface area contributed by atoms with Crippen molar-refractivity contribution in [1.29, 1.82) is 0 Å². The van der Waals surface area contributed by atoms with Crippen molar-refractivity contribution in [2.24, 2.45) is 0 Å². The molecular weight excluding hydrogens is 382 g/mol. The average Bonchev–Trinajstić information content (AvgIpc) is 2.76. The minimum absolute atomic E-state index is 0.243. The average molecular weight is 414 g/mol. The third kappa shape index (κ3) is 4.22. The topological polar surface area (TPSA) is 55.4 Å². The van der Waals surface area contributed by atoms with E-state index in [-0.39, 0.29) is 10.9 Å². The van der Waals surface area contributed by atoms with Crippen LogP contribution in [0.2, 0.25) is 0 Å². The maximum absolute atomic E-state index is 13.3. The Morgan fingerprint density at radius 1 is 0.897 bits per heavy atom. The predicted octanol–water partition coefficient (Wildman–Crippen LogP) is 4.88. The first-order chi connectivity index (χ1) is 14.0. The first-order valence-corrected chi connectivity index (χ1v) is 12.3. The molecule has 0 radical (unpaired) electrons. The minimum atomic E-state index is -3.69. The van der Waals surface area contributed by atoms with Crippen LogP contribution in [0.15, 0.2) is 35.2 Å². The SMILES string of the molecule is CC[C@@H](NS(=O)(=O)c1cc2c(cc1OC)CCCC2)c1ccc2c(c1)CCCC2. The maximum atomic E-state index is 13.3. The molecule has 0 fully saturated rings. The van der Waals surface area contributed by atoms with Gasteiger partial charge in [-0.2, -0.15) is 0 Å². The van der Waals surface area contributed by atoms with Crippen molar-refractivity contribution in [3.63, 3.8) is 0 Å². The van der Waals surface area contributed by atoms with Crippen molar-refractivity contribution in [3.8, 4) is 5.75 Å². The summed E-state index contributed by atoms with van der Waals surface area (Å²) in [6, 6.07) is 9.98. The fourth-order valence-corrected chi connectivity index (χ4v) is 6.23.